The summed E-state index contributed by atoms with van der Waals surface area (Å²) in [5.41, 5.74) is 5.27. The number of ether oxygens (including phenoxy) is 2. The van der Waals surface area contributed by atoms with Gasteiger partial charge in [0.1, 0.15) is 0 Å². The van der Waals surface area contributed by atoms with Crippen LogP contribution in [-0.4, -0.2) is 46.0 Å². The van der Waals surface area contributed by atoms with Crippen molar-refractivity contribution in [2.75, 3.05) is 25.7 Å². The molecule has 142 valence electrons. The van der Waals surface area contributed by atoms with Gasteiger partial charge >= 0.3 is 0 Å². The highest BCUT2D eigenvalue weighted by Gasteiger charge is 2.29. The minimum absolute atomic E-state index is 0.0214. The smallest absolute Gasteiger partial charge is 0.262 e. The third kappa shape index (κ3) is 5.76. The van der Waals surface area contributed by atoms with Crippen molar-refractivity contribution in [3.8, 4) is 11.5 Å². The van der Waals surface area contributed by atoms with E-state index in [0.717, 1.165) is 5.56 Å². The SMILES string of the molecule is COc1ccc(/C=C/C(=O)NNC(=O)C[C@@H]2CCS(=O)(=O)C2)cc1OC. The molecule has 0 aromatic heterocycles. The molecule has 1 aliphatic rings. The van der Waals surface area contributed by atoms with Crippen molar-refractivity contribution in [2.24, 2.45) is 5.92 Å². The predicted octanol–water partition coefficient (Wildman–Crippen LogP) is 0.689. The maximum Gasteiger partial charge on any atom is 0.262 e. The number of hydrogen-bond donors (Lipinski definition) is 2. The second kappa shape index (κ2) is 8.70. The third-order valence-corrected chi connectivity index (χ3v) is 5.80. The molecule has 1 aliphatic heterocycles. The van der Waals surface area contributed by atoms with E-state index in [1.54, 1.807) is 24.3 Å². The van der Waals surface area contributed by atoms with Crippen LogP contribution in [0.25, 0.3) is 6.08 Å². The second-order valence-electron chi connectivity index (χ2n) is 5.96. The topological polar surface area (TPSA) is 111 Å². The van der Waals surface area contributed by atoms with Crippen molar-refractivity contribution >= 4 is 27.7 Å². The molecule has 0 saturated carbocycles. The molecule has 2 rings (SSSR count). The Morgan fingerprint density at radius 3 is 2.54 bits per heavy atom. The molecule has 2 N–H and O–H groups in total. The Bertz CT molecular complexity index is 803. The fourth-order valence-corrected chi connectivity index (χ4v) is 4.51. The van der Waals surface area contributed by atoms with Crippen LogP contribution in [0.5, 0.6) is 11.5 Å². The molecule has 9 heteroatoms. The molecule has 0 spiro atoms. The predicted molar refractivity (Wildman–Crippen MR) is 96.2 cm³/mol. The molecule has 0 unspecified atom stereocenters. The lowest BCUT2D eigenvalue weighted by Crippen LogP contribution is -2.41. The molecule has 0 bridgehead atoms. The zero-order valence-electron chi connectivity index (χ0n) is 14.7. The van der Waals surface area contributed by atoms with Gasteiger partial charge in [0.05, 0.1) is 25.7 Å². The van der Waals surface area contributed by atoms with E-state index in [4.69, 9.17) is 9.47 Å². The number of carbonyl (C=O) groups is 2. The van der Waals surface area contributed by atoms with Crippen molar-refractivity contribution in [1.82, 2.24) is 10.9 Å². The van der Waals surface area contributed by atoms with Gasteiger partial charge in [-0.05, 0) is 36.1 Å². The average Bonchev–Trinajstić information content (AvgIpc) is 2.96. The maximum atomic E-state index is 11.8. The van der Waals surface area contributed by atoms with E-state index in [1.165, 1.54) is 20.3 Å². The average molecular weight is 382 g/mol. The van der Waals surface area contributed by atoms with Crippen LogP contribution in [0.3, 0.4) is 0 Å². The quantitative estimate of drug-likeness (QED) is 0.553. The Morgan fingerprint density at radius 2 is 1.92 bits per heavy atom. The number of methoxy groups -OCH3 is 2. The van der Waals surface area contributed by atoms with Gasteiger partial charge in [0.2, 0.25) is 5.91 Å². The molecule has 26 heavy (non-hydrogen) atoms. The Morgan fingerprint density at radius 1 is 1.19 bits per heavy atom. The summed E-state index contributed by atoms with van der Waals surface area (Å²) in [6, 6.07) is 5.18. The molecule has 0 radical (unpaired) electrons. The number of amides is 2. The molecule has 1 fully saturated rings. The number of benzene rings is 1. The van der Waals surface area contributed by atoms with Gasteiger partial charge in [-0.2, -0.15) is 0 Å². The summed E-state index contributed by atoms with van der Waals surface area (Å²) >= 11 is 0. The first-order valence-corrected chi connectivity index (χ1v) is 9.84. The Kier molecular flexibility index (Phi) is 6.62. The van der Waals surface area contributed by atoms with Crippen molar-refractivity contribution in [3.05, 3.63) is 29.8 Å². The summed E-state index contributed by atoms with van der Waals surface area (Å²) in [5, 5.41) is 0. The lowest BCUT2D eigenvalue weighted by Gasteiger charge is -2.09. The monoisotopic (exact) mass is 382 g/mol. The minimum Gasteiger partial charge on any atom is -0.493 e. The summed E-state index contributed by atoms with van der Waals surface area (Å²) in [6.07, 6.45) is 3.37. The molecule has 1 aromatic carbocycles. The molecule has 2 amide bonds. The zero-order valence-corrected chi connectivity index (χ0v) is 15.5. The van der Waals surface area contributed by atoms with Gasteiger partial charge in [0.15, 0.2) is 21.3 Å². The van der Waals surface area contributed by atoms with Crippen LogP contribution in [0.15, 0.2) is 24.3 Å². The van der Waals surface area contributed by atoms with E-state index in [-0.39, 0.29) is 23.8 Å². The molecule has 1 saturated heterocycles. The number of hydrazine groups is 1. The zero-order chi connectivity index (χ0) is 19.2. The first kappa shape index (κ1) is 19.8. The highest BCUT2D eigenvalue weighted by atomic mass is 32.2. The summed E-state index contributed by atoms with van der Waals surface area (Å²) in [5.74, 6) is 0.135. The van der Waals surface area contributed by atoms with Gasteiger partial charge in [-0.25, -0.2) is 8.42 Å². The molecular weight excluding hydrogens is 360 g/mol. The van der Waals surface area contributed by atoms with E-state index in [0.29, 0.717) is 17.9 Å². The highest BCUT2D eigenvalue weighted by Crippen LogP contribution is 2.27. The largest absolute Gasteiger partial charge is 0.493 e. The fourth-order valence-electron chi connectivity index (χ4n) is 2.65. The van der Waals surface area contributed by atoms with E-state index < -0.39 is 21.7 Å². The van der Waals surface area contributed by atoms with Crippen LogP contribution >= 0.6 is 0 Å². The molecule has 1 atom stereocenters. The van der Waals surface area contributed by atoms with E-state index in [2.05, 4.69) is 10.9 Å². The summed E-state index contributed by atoms with van der Waals surface area (Å²) in [4.78, 5) is 23.5. The summed E-state index contributed by atoms with van der Waals surface area (Å²) < 4.78 is 33.1. The first-order valence-electron chi connectivity index (χ1n) is 8.02. The molecule has 0 aliphatic carbocycles. The van der Waals surface area contributed by atoms with Gasteiger partial charge < -0.3 is 9.47 Å². The highest BCUT2D eigenvalue weighted by molar-refractivity contribution is 7.91. The van der Waals surface area contributed by atoms with Gasteiger partial charge in [0.25, 0.3) is 5.91 Å². The van der Waals surface area contributed by atoms with Gasteiger partial charge in [-0.15, -0.1) is 0 Å². The van der Waals surface area contributed by atoms with E-state index in [9.17, 15) is 18.0 Å². The second-order valence-corrected chi connectivity index (χ2v) is 8.19. The van der Waals surface area contributed by atoms with Crippen LogP contribution < -0.4 is 20.3 Å². The number of rotatable bonds is 6. The van der Waals surface area contributed by atoms with Crippen LogP contribution in [-0.2, 0) is 19.4 Å². The lowest BCUT2D eigenvalue weighted by molar-refractivity contribution is -0.127. The minimum atomic E-state index is -3.02. The van der Waals surface area contributed by atoms with Gasteiger partial charge in [-0.1, -0.05) is 6.07 Å². The standard InChI is InChI=1S/C17H22N2O6S/c1-24-14-5-3-12(9-15(14)25-2)4-6-16(20)18-19-17(21)10-13-7-8-26(22,23)11-13/h3-6,9,13H,7-8,10-11H2,1-2H3,(H,18,20)(H,19,21)/b6-4+/t13-/m0/s1. The Hall–Kier alpha value is -2.55. The van der Waals surface area contributed by atoms with Gasteiger partial charge in [-0.3, -0.25) is 20.4 Å². The van der Waals surface area contributed by atoms with Crippen LogP contribution in [0.1, 0.15) is 18.4 Å². The van der Waals surface area contributed by atoms with Crippen molar-refractivity contribution in [1.29, 1.82) is 0 Å². The third-order valence-electron chi connectivity index (χ3n) is 3.96. The Balaban J connectivity index is 1.81. The van der Waals surface area contributed by atoms with Crippen molar-refractivity contribution < 1.29 is 27.5 Å². The van der Waals surface area contributed by atoms with E-state index in [1.807, 2.05) is 0 Å². The molecule has 1 aromatic rings. The van der Waals surface area contributed by atoms with Gasteiger partial charge in [0, 0.05) is 12.5 Å². The summed E-state index contributed by atoms with van der Waals surface area (Å²) in [6.45, 7) is 0. The van der Waals surface area contributed by atoms with E-state index >= 15 is 0 Å². The normalized spacial score (nSPS) is 18.5. The lowest BCUT2D eigenvalue weighted by atomic mass is 10.1. The number of nitrogens with one attached hydrogen (secondary N) is 2. The molecule has 8 nitrogen and oxygen atoms in total. The molecular formula is C17H22N2O6S. The first-order chi connectivity index (χ1) is 12.3. The van der Waals surface area contributed by atoms with Crippen LogP contribution in [0.2, 0.25) is 0 Å². The summed E-state index contributed by atoms with van der Waals surface area (Å²) in [7, 11) is 0.0291. The van der Waals surface area contributed by atoms with Crippen molar-refractivity contribution in [3.63, 3.8) is 0 Å². The Labute approximate surface area is 152 Å². The maximum absolute atomic E-state index is 11.8. The van der Waals surface area contributed by atoms with Crippen LogP contribution in [0.4, 0.5) is 0 Å². The number of carbonyl (C=O) groups excluding carboxylic acids is 2. The number of hydrogen-bond acceptors (Lipinski definition) is 6. The van der Waals surface area contributed by atoms with Crippen molar-refractivity contribution in [2.45, 2.75) is 12.8 Å². The number of sulfone groups is 1. The fraction of sp³-hybridized carbons (Fsp3) is 0.412. The molecule has 1 heterocycles. The van der Waals surface area contributed by atoms with Crippen LogP contribution in [0, 0.1) is 5.92 Å².